The van der Waals surface area contributed by atoms with Gasteiger partial charge in [0, 0.05) is 17.6 Å². The summed E-state index contributed by atoms with van der Waals surface area (Å²) in [6.07, 6.45) is 15.9. The number of esters is 2. The van der Waals surface area contributed by atoms with E-state index in [1.165, 1.54) is 26.8 Å². The molecule has 0 amide bonds. The van der Waals surface area contributed by atoms with Crippen molar-refractivity contribution in [2.75, 3.05) is 38.1 Å². The van der Waals surface area contributed by atoms with Crippen molar-refractivity contribution in [3.63, 3.8) is 0 Å². The molecule has 0 heterocycles. The maximum Gasteiger partial charge on any atom is 0.339 e. The summed E-state index contributed by atoms with van der Waals surface area (Å²) in [4.78, 5) is 24.0. The summed E-state index contributed by atoms with van der Waals surface area (Å²) >= 11 is 25.8. The van der Waals surface area contributed by atoms with Crippen LogP contribution in [-0.4, -0.2) is 39.4 Å². The third-order valence-electron chi connectivity index (χ3n) is 7.62. The number of halogens is 4. The van der Waals surface area contributed by atoms with Crippen LogP contribution in [0.5, 0.6) is 11.5 Å². The van der Waals surface area contributed by atoms with Crippen molar-refractivity contribution in [1.29, 1.82) is 0 Å². The van der Waals surface area contributed by atoms with Crippen molar-refractivity contribution in [3.8, 4) is 11.5 Å². The first kappa shape index (κ1) is 45.3. The van der Waals surface area contributed by atoms with Crippen LogP contribution in [0, 0.1) is 0 Å². The van der Waals surface area contributed by atoms with E-state index in [2.05, 4.69) is 17.2 Å². The number of benzene rings is 3. The van der Waals surface area contributed by atoms with Gasteiger partial charge in [-0.05, 0) is 55.3 Å². The van der Waals surface area contributed by atoms with E-state index in [4.69, 9.17) is 65.4 Å². The standard InChI is InChI=1S/C39H44Cl4N2O6.C2H6/c1-4-5-17-27(38(46)48-2)26-44-28-22-31(40)36(32(41)23-28)50-20-15-11-9-7-6-8-10-12-16-21-51-37-33(42)24-29(25-34(37)43)45-35-19-14-13-18-30(35)39(47)49-3;1-2/h4-5,13-14,17-19,22-26,44-45H,1,6-12,15-16,20-21H2,2-3H3;1-2H3/b17-5-,27-26-;. The molecule has 0 aliphatic rings. The molecule has 3 aromatic rings. The van der Waals surface area contributed by atoms with E-state index in [-0.39, 0.29) is 0 Å². The fourth-order valence-electron chi connectivity index (χ4n) is 5.00. The highest BCUT2D eigenvalue weighted by atomic mass is 35.5. The number of hydrogen-bond donors (Lipinski definition) is 2. The smallest absolute Gasteiger partial charge is 0.339 e. The molecule has 0 saturated carbocycles. The summed E-state index contributed by atoms with van der Waals surface area (Å²) in [7, 11) is 2.65. The van der Waals surface area contributed by atoms with E-state index in [1.807, 2.05) is 19.9 Å². The summed E-state index contributed by atoms with van der Waals surface area (Å²) in [5, 5.41) is 7.73. The second-order valence-corrected chi connectivity index (χ2v) is 13.0. The highest BCUT2D eigenvalue weighted by Crippen LogP contribution is 2.38. The van der Waals surface area contributed by atoms with Crippen LogP contribution in [0.15, 0.2) is 85.1 Å². The zero-order valence-corrected chi connectivity index (χ0v) is 33.9. The lowest BCUT2D eigenvalue weighted by atomic mass is 10.1. The number of rotatable bonds is 22. The van der Waals surface area contributed by atoms with Crippen LogP contribution in [0.1, 0.15) is 82.0 Å². The molecule has 288 valence electrons. The number of methoxy groups -OCH3 is 2. The molecule has 0 fully saturated rings. The van der Waals surface area contributed by atoms with Gasteiger partial charge in [-0.15, -0.1) is 0 Å². The molecule has 0 bridgehead atoms. The fourth-order valence-corrected chi connectivity index (χ4v) is 6.19. The maximum absolute atomic E-state index is 12.1. The molecule has 0 spiro atoms. The number of ether oxygens (including phenoxy) is 4. The average Bonchev–Trinajstić information content (AvgIpc) is 3.15. The Kier molecular flexibility index (Phi) is 22.3. The van der Waals surface area contributed by atoms with Crippen molar-refractivity contribution in [1.82, 2.24) is 0 Å². The molecule has 0 aliphatic carbocycles. The normalized spacial score (nSPS) is 11.0. The first-order valence-corrected chi connectivity index (χ1v) is 19.2. The maximum atomic E-state index is 12.1. The Labute approximate surface area is 334 Å². The van der Waals surface area contributed by atoms with Crippen molar-refractivity contribution in [2.24, 2.45) is 0 Å². The number of unbranched alkanes of at least 4 members (excludes halogenated alkanes) is 8. The van der Waals surface area contributed by atoms with Crippen LogP contribution in [0.2, 0.25) is 20.1 Å². The Hall–Kier alpha value is -3.82. The summed E-state index contributed by atoms with van der Waals surface area (Å²) in [5.74, 6) is -0.0461. The Morgan fingerprint density at radius 1 is 0.698 bits per heavy atom. The van der Waals surface area contributed by atoms with E-state index >= 15 is 0 Å². The number of hydrogen-bond acceptors (Lipinski definition) is 8. The quantitative estimate of drug-likeness (QED) is 0.0448. The lowest BCUT2D eigenvalue weighted by Crippen LogP contribution is -2.05. The Morgan fingerprint density at radius 3 is 1.64 bits per heavy atom. The first-order chi connectivity index (χ1) is 25.7. The summed E-state index contributed by atoms with van der Waals surface area (Å²) in [6, 6.07) is 13.9. The van der Waals surface area contributed by atoms with Gasteiger partial charge in [-0.3, -0.25) is 0 Å². The number of nitrogens with one attached hydrogen (secondary N) is 2. The van der Waals surface area contributed by atoms with E-state index in [1.54, 1.807) is 60.7 Å². The van der Waals surface area contributed by atoms with Gasteiger partial charge in [0.15, 0.2) is 11.5 Å². The highest BCUT2D eigenvalue weighted by Gasteiger charge is 2.15. The molecule has 3 aromatic carbocycles. The molecule has 0 aliphatic heterocycles. The molecule has 8 nitrogen and oxygen atoms in total. The van der Waals surface area contributed by atoms with Crippen LogP contribution in [0.4, 0.5) is 17.1 Å². The molecule has 0 radical (unpaired) electrons. The molecule has 0 unspecified atom stereocenters. The second-order valence-electron chi connectivity index (χ2n) is 11.4. The zero-order valence-electron chi connectivity index (χ0n) is 30.9. The predicted octanol–water partition coefficient (Wildman–Crippen LogP) is 13.0. The third-order valence-corrected chi connectivity index (χ3v) is 8.74. The minimum Gasteiger partial charge on any atom is -0.490 e. The molecule has 2 N–H and O–H groups in total. The lowest BCUT2D eigenvalue weighted by Gasteiger charge is -2.14. The Morgan fingerprint density at radius 2 is 1.17 bits per heavy atom. The fraction of sp³-hybridized carbons (Fsp3) is 0.366. The van der Waals surface area contributed by atoms with Gasteiger partial charge in [-0.1, -0.05) is 136 Å². The van der Waals surface area contributed by atoms with Crippen molar-refractivity contribution in [3.05, 3.63) is 111 Å². The van der Waals surface area contributed by atoms with Crippen molar-refractivity contribution in [2.45, 2.75) is 71.6 Å². The van der Waals surface area contributed by atoms with Gasteiger partial charge in [0.2, 0.25) is 0 Å². The predicted molar refractivity (Wildman–Crippen MR) is 221 cm³/mol. The molecular weight excluding hydrogens is 758 g/mol. The van der Waals surface area contributed by atoms with E-state index in [0.29, 0.717) is 73.0 Å². The van der Waals surface area contributed by atoms with Gasteiger partial charge in [-0.2, -0.15) is 0 Å². The number of para-hydroxylation sites is 1. The molecule has 12 heteroatoms. The van der Waals surface area contributed by atoms with Gasteiger partial charge in [0.1, 0.15) is 0 Å². The molecule has 0 atom stereocenters. The summed E-state index contributed by atoms with van der Waals surface area (Å²) in [5.41, 5.74) is 2.54. The molecule has 3 rings (SSSR count). The van der Waals surface area contributed by atoms with Crippen LogP contribution in [0.3, 0.4) is 0 Å². The minimum absolute atomic E-state index is 0.308. The third kappa shape index (κ3) is 16.0. The number of carbonyl (C=O) groups excluding carboxylic acids is 2. The second kappa shape index (κ2) is 26.0. The van der Waals surface area contributed by atoms with E-state index in [0.717, 1.165) is 51.4 Å². The van der Waals surface area contributed by atoms with Crippen LogP contribution in [0.25, 0.3) is 0 Å². The lowest BCUT2D eigenvalue weighted by molar-refractivity contribution is -0.135. The largest absolute Gasteiger partial charge is 0.490 e. The molecule has 0 saturated heterocycles. The number of anilines is 3. The van der Waals surface area contributed by atoms with Gasteiger partial charge in [0.05, 0.1) is 64.3 Å². The van der Waals surface area contributed by atoms with Gasteiger partial charge in [0.25, 0.3) is 0 Å². The Bertz CT molecular complexity index is 1630. The van der Waals surface area contributed by atoms with Gasteiger partial charge >= 0.3 is 11.9 Å². The number of carbonyl (C=O) groups is 2. The highest BCUT2D eigenvalue weighted by molar-refractivity contribution is 6.38. The van der Waals surface area contributed by atoms with Crippen LogP contribution >= 0.6 is 46.4 Å². The average molecular weight is 809 g/mol. The first-order valence-electron chi connectivity index (χ1n) is 17.7. The van der Waals surface area contributed by atoms with Crippen molar-refractivity contribution >= 4 is 75.4 Å². The summed E-state index contributed by atoms with van der Waals surface area (Å²) in [6.45, 7) is 8.64. The summed E-state index contributed by atoms with van der Waals surface area (Å²) < 4.78 is 21.4. The molecule has 53 heavy (non-hydrogen) atoms. The zero-order chi connectivity index (χ0) is 39.0. The number of allylic oxidation sites excluding steroid dienone is 2. The molecule has 0 aromatic heterocycles. The Balaban J connectivity index is 0.00000477. The van der Waals surface area contributed by atoms with Crippen molar-refractivity contribution < 1.29 is 28.5 Å². The molecular formula is C41H50Cl4N2O6. The van der Waals surface area contributed by atoms with Gasteiger partial charge < -0.3 is 29.6 Å². The van der Waals surface area contributed by atoms with Crippen LogP contribution < -0.4 is 20.1 Å². The van der Waals surface area contributed by atoms with Gasteiger partial charge in [-0.25, -0.2) is 9.59 Å². The topological polar surface area (TPSA) is 95.1 Å². The van der Waals surface area contributed by atoms with E-state index in [9.17, 15) is 9.59 Å². The minimum atomic E-state index is -0.492. The SMILES string of the molecule is C=C/C=C\C(=C\Nc1cc(Cl)c(OCCCCCCCCCCCOc2c(Cl)cc(Nc3ccccc3C(=O)OC)cc2Cl)c(Cl)c1)C(=O)OC.CC. The van der Waals surface area contributed by atoms with Crippen LogP contribution in [-0.2, 0) is 14.3 Å². The monoisotopic (exact) mass is 806 g/mol. The van der Waals surface area contributed by atoms with E-state index < -0.39 is 11.9 Å².